The molecular formula is C19H16Cl2N2O2. The number of aromatic nitrogens is 2. The van der Waals surface area contributed by atoms with Gasteiger partial charge in [-0.15, -0.1) is 0 Å². The van der Waals surface area contributed by atoms with Crippen LogP contribution in [-0.4, -0.2) is 22.4 Å². The van der Waals surface area contributed by atoms with E-state index >= 15 is 0 Å². The minimum atomic E-state index is -0.444. The van der Waals surface area contributed by atoms with Gasteiger partial charge in [-0.1, -0.05) is 53.5 Å². The maximum atomic E-state index is 12.5. The van der Waals surface area contributed by atoms with E-state index < -0.39 is 5.97 Å². The summed E-state index contributed by atoms with van der Waals surface area (Å²) in [6, 6.07) is 14.7. The molecule has 4 nitrogen and oxygen atoms in total. The van der Waals surface area contributed by atoms with Gasteiger partial charge in [-0.2, -0.15) is 5.10 Å². The highest BCUT2D eigenvalue weighted by Gasteiger charge is 2.24. The zero-order valence-corrected chi connectivity index (χ0v) is 15.3. The summed E-state index contributed by atoms with van der Waals surface area (Å²) in [7, 11) is 0. The molecule has 25 heavy (non-hydrogen) atoms. The van der Waals surface area contributed by atoms with E-state index in [2.05, 4.69) is 5.10 Å². The van der Waals surface area contributed by atoms with Gasteiger partial charge in [0.25, 0.3) is 0 Å². The van der Waals surface area contributed by atoms with Gasteiger partial charge >= 0.3 is 5.97 Å². The smallest absolute Gasteiger partial charge is 0.357 e. The first kappa shape index (κ1) is 17.5. The fraction of sp³-hybridized carbons (Fsp3) is 0.158. The summed E-state index contributed by atoms with van der Waals surface area (Å²) >= 11 is 12.3. The minimum Gasteiger partial charge on any atom is -0.461 e. The highest BCUT2D eigenvalue weighted by molar-refractivity contribution is 6.35. The van der Waals surface area contributed by atoms with E-state index in [1.165, 1.54) is 4.68 Å². The Bertz CT molecular complexity index is 921. The summed E-state index contributed by atoms with van der Waals surface area (Å²) in [5.74, 6) is -0.444. The predicted molar refractivity (Wildman–Crippen MR) is 99.7 cm³/mol. The lowest BCUT2D eigenvalue weighted by atomic mass is 10.1. The number of halogens is 2. The summed E-state index contributed by atoms with van der Waals surface area (Å²) in [6.07, 6.45) is 0. The van der Waals surface area contributed by atoms with Crippen LogP contribution in [0.15, 0.2) is 48.5 Å². The molecule has 0 atom stereocenters. The van der Waals surface area contributed by atoms with Crippen LogP contribution in [0.25, 0.3) is 16.9 Å². The van der Waals surface area contributed by atoms with Crippen LogP contribution in [0.2, 0.25) is 10.0 Å². The molecule has 2 aromatic carbocycles. The number of hydrogen-bond donors (Lipinski definition) is 0. The summed E-state index contributed by atoms with van der Waals surface area (Å²) in [6.45, 7) is 3.89. The first-order valence-corrected chi connectivity index (χ1v) is 8.56. The third kappa shape index (κ3) is 3.41. The molecule has 0 bridgehead atoms. The van der Waals surface area contributed by atoms with Gasteiger partial charge in [0.05, 0.1) is 23.0 Å². The number of rotatable bonds is 4. The maximum absolute atomic E-state index is 12.5. The van der Waals surface area contributed by atoms with Gasteiger partial charge in [-0.3, -0.25) is 0 Å². The molecule has 0 saturated carbocycles. The molecule has 0 fully saturated rings. The number of nitrogens with zero attached hydrogens (tertiary/aromatic N) is 2. The minimum absolute atomic E-state index is 0.276. The monoisotopic (exact) mass is 374 g/mol. The Balaban J connectivity index is 2.24. The van der Waals surface area contributed by atoms with Gasteiger partial charge < -0.3 is 4.74 Å². The summed E-state index contributed by atoms with van der Waals surface area (Å²) in [4.78, 5) is 12.5. The molecule has 3 rings (SSSR count). The molecule has 0 spiro atoms. The van der Waals surface area contributed by atoms with Gasteiger partial charge in [-0.05, 0) is 32.0 Å². The Morgan fingerprint density at radius 2 is 1.88 bits per heavy atom. The SMILES string of the molecule is CCOC(=O)c1c(C)c(-c2ccccc2)nn1-c1ccc(Cl)cc1Cl. The first-order valence-electron chi connectivity index (χ1n) is 7.80. The number of esters is 1. The van der Waals surface area contributed by atoms with Crippen molar-refractivity contribution < 1.29 is 9.53 Å². The Labute approximate surface area is 155 Å². The normalized spacial score (nSPS) is 10.7. The summed E-state index contributed by atoms with van der Waals surface area (Å²) < 4.78 is 6.74. The Morgan fingerprint density at radius 1 is 1.16 bits per heavy atom. The Morgan fingerprint density at radius 3 is 2.52 bits per heavy atom. The van der Waals surface area contributed by atoms with E-state index in [1.807, 2.05) is 37.3 Å². The lowest BCUT2D eigenvalue weighted by Crippen LogP contribution is -2.13. The lowest BCUT2D eigenvalue weighted by Gasteiger charge is -2.09. The van der Waals surface area contributed by atoms with E-state index in [0.717, 1.165) is 11.1 Å². The van der Waals surface area contributed by atoms with Crippen LogP contribution in [0.4, 0.5) is 0 Å². The molecule has 6 heteroatoms. The van der Waals surface area contributed by atoms with Crippen LogP contribution in [0.3, 0.4) is 0 Å². The molecule has 1 heterocycles. The quantitative estimate of drug-likeness (QED) is 0.579. The fourth-order valence-electron chi connectivity index (χ4n) is 2.63. The molecule has 0 N–H and O–H groups in total. The third-order valence-electron chi connectivity index (χ3n) is 3.78. The molecule has 128 valence electrons. The van der Waals surface area contributed by atoms with Gasteiger partial charge in [0, 0.05) is 16.1 Å². The molecule has 1 aromatic heterocycles. The van der Waals surface area contributed by atoms with Gasteiger partial charge in [0.2, 0.25) is 0 Å². The number of carbonyl (C=O) groups is 1. The van der Waals surface area contributed by atoms with E-state index in [1.54, 1.807) is 25.1 Å². The average molecular weight is 375 g/mol. The van der Waals surface area contributed by atoms with E-state index in [4.69, 9.17) is 27.9 Å². The second kappa shape index (κ2) is 7.30. The second-order valence-corrected chi connectivity index (χ2v) is 6.26. The first-order chi connectivity index (χ1) is 12.0. The molecule has 0 radical (unpaired) electrons. The molecular weight excluding hydrogens is 359 g/mol. The molecule has 0 aliphatic heterocycles. The van der Waals surface area contributed by atoms with Crippen LogP contribution in [0.1, 0.15) is 23.0 Å². The van der Waals surface area contributed by atoms with E-state index in [-0.39, 0.29) is 6.61 Å². The molecule has 3 aromatic rings. The van der Waals surface area contributed by atoms with Crippen LogP contribution < -0.4 is 0 Å². The summed E-state index contributed by atoms with van der Waals surface area (Å²) in [5.41, 5.74) is 3.27. The van der Waals surface area contributed by atoms with Gasteiger partial charge in [0.1, 0.15) is 0 Å². The number of hydrogen-bond acceptors (Lipinski definition) is 3. The zero-order chi connectivity index (χ0) is 18.0. The highest BCUT2D eigenvalue weighted by atomic mass is 35.5. The fourth-order valence-corrected chi connectivity index (χ4v) is 3.12. The third-order valence-corrected chi connectivity index (χ3v) is 4.31. The van der Waals surface area contributed by atoms with Crippen molar-refractivity contribution in [2.45, 2.75) is 13.8 Å². The van der Waals surface area contributed by atoms with Crippen molar-refractivity contribution in [3.8, 4) is 16.9 Å². The van der Waals surface area contributed by atoms with Crippen LogP contribution in [0.5, 0.6) is 0 Å². The molecule has 0 unspecified atom stereocenters. The van der Waals surface area contributed by atoms with Crippen LogP contribution >= 0.6 is 23.2 Å². The second-order valence-electron chi connectivity index (χ2n) is 5.42. The summed E-state index contributed by atoms with van der Waals surface area (Å²) in [5, 5.41) is 5.55. The van der Waals surface area contributed by atoms with E-state index in [0.29, 0.717) is 27.1 Å². The van der Waals surface area contributed by atoms with Crippen molar-refractivity contribution >= 4 is 29.2 Å². The lowest BCUT2D eigenvalue weighted by molar-refractivity contribution is 0.0515. The topological polar surface area (TPSA) is 44.1 Å². The van der Waals surface area contributed by atoms with E-state index in [9.17, 15) is 4.79 Å². The van der Waals surface area contributed by atoms with Crippen molar-refractivity contribution in [1.29, 1.82) is 0 Å². The number of carbonyl (C=O) groups excluding carboxylic acids is 1. The van der Waals surface area contributed by atoms with Crippen LogP contribution in [-0.2, 0) is 4.74 Å². The van der Waals surface area contributed by atoms with Crippen molar-refractivity contribution in [3.63, 3.8) is 0 Å². The zero-order valence-electron chi connectivity index (χ0n) is 13.8. The molecule has 0 saturated heterocycles. The van der Waals surface area contributed by atoms with Crippen molar-refractivity contribution in [3.05, 3.63) is 69.8 Å². The molecule has 0 aliphatic rings. The average Bonchev–Trinajstić information content (AvgIpc) is 2.93. The predicted octanol–water partition coefficient (Wildman–Crippen LogP) is 5.33. The Hall–Kier alpha value is -2.30. The largest absolute Gasteiger partial charge is 0.461 e. The Kier molecular flexibility index (Phi) is 5.11. The maximum Gasteiger partial charge on any atom is 0.357 e. The highest BCUT2D eigenvalue weighted by Crippen LogP contribution is 2.31. The van der Waals surface area contributed by atoms with Crippen molar-refractivity contribution in [1.82, 2.24) is 9.78 Å². The van der Waals surface area contributed by atoms with Crippen LogP contribution in [0, 0.1) is 6.92 Å². The number of ether oxygens (including phenoxy) is 1. The number of benzene rings is 2. The van der Waals surface area contributed by atoms with Gasteiger partial charge in [-0.25, -0.2) is 9.48 Å². The molecule has 0 amide bonds. The van der Waals surface area contributed by atoms with Gasteiger partial charge in [0.15, 0.2) is 5.69 Å². The molecule has 0 aliphatic carbocycles. The van der Waals surface area contributed by atoms with Crippen molar-refractivity contribution in [2.75, 3.05) is 6.61 Å². The standard InChI is InChI=1S/C19H16Cl2N2O2/c1-3-25-19(24)18-12(2)17(13-7-5-4-6-8-13)22-23(18)16-10-9-14(20)11-15(16)21/h4-11H,3H2,1-2H3. The van der Waals surface area contributed by atoms with Crippen molar-refractivity contribution in [2.24, 2.45) is 0 Å².